The van der Waals surface area contributed by atoms with Crippen molar-refractivity contribution in [3.05, 3.63) is 60.6 Å². The van der Waals surface area contributed by atoms with Crippen LogP contribution >= 0.6 is 11.3 Å². The maximum Gasteiger partial charge on any atom is 0.219 e. The summed E-state index contributed by atoms with van der Waals surface area (Å²) < 4.78 is 2.83. The number of aromatic hydroxyl groups is 1. The van der Waals surface area contributed by atoms with Crippen molar-refractivity contribution < 1.29 is 5.11 Å². The molecule has 0 aliphatic rings. The number of benzene rings is 2. The van der Waals surface area contributed by atoms with Crippen LogP contribution in [-0.2, 0) is 0 Å². The van der Waals surface area contributed by atoms with Gasteiger partial charge in [0.2, 0.25) is 5.88 Å². The van der Waals surface area contributed by atoms with Crippen LogP contribution in [0.4, 0.5) is 5.69 Å². The molecule has 2 aromatic carbocycles. The predicted molar refractivity (Wildman–Crippen MR) is 118 cm³/mol. The number of aromatic nitrogens is 4. The Balaban J connectivity index is 1.50. The summed E-state index contributed by atoms with van der Waals surface area (Å²) in [5, 5.41) is 11.1. The first-order valence-corrected chi connectivity index (χ1v) is 10.0. The molecule has 0 bridgehead atoms. The second kappa shape index (κ2) is 6.56. The maximum absolute atomic E-state index is 10.1. The van der Waals surface area contributed by atoms with Crippen LogP contribution in [-0.4, -0.2) is 38.6 Å². The lowest BCUT2D eigenvalue weighted by Gasteiger charge is -2.11. The second-order valence-corrected chi connectivity index (χ2v) is 8.20. The highest BCUT2D eigenvalue weighted by molar-refractivity contribution is 7.21. The molecule has 0 atom stereocenters. The summed E-state index contributed by atoms with van der Waals surface area (Å²) >= 11 is 1.69. The number of fused-ring (bicyclic) bond motifs is 2. The Morgan fingerprint density at radius 2 is 1.76 bits per heavy atom. The normalized spacial score (nSPS) is 11.4. The van der Waals surface area contributed by atoms with Gasteiger partial charge in [0.25, 0.3) is 0 Å². The number of thiazole rings is 1. The fourth-order valence-electron chi connectivity index (χ4n) is 3.31. The van der Waals surface area contributed by atoms with E-state index in [2.05, 4.69) is 45.2 Å². The van der Waals surface area contributed by atoms with Gasteiger partial charge in [-0.2, -0.15) is 0 Å². The number of hydrogen-bond donors (Lipinski definition) is 1. The Labute approximate surface area is 171 Å². The van der Waals surface area contributed by atoms with Gasteiger partial charge in [0.15, 0.2) is 5.65 Å². The lowest BCUT2D eigenvalue weighted by molar-refractivity contribution is 0.444. The second-order valence-electron chi connectivity index (χ2n) is 7.16. The van der Waals surface area contributed by atoms with Crippen molar-refractivity contribution in [2.24, 2.45) is 0 Å². The van der Waals surface area contributed by atoms with Crippen molar-refractivity contribution in [1.82, 2.24) is 19.4 Å². The third-order valence-electron chi connectivity index (χ3n) is 4.97. The standard InChI is InChI=1S/C22H19N5OS/c1-13-22(28)27-12-18(23-11-20(27)24-13)14-4-6-15(7-5-14)21-25-17-9-8-16(26(2)3)10-19(17)29-21/h4-12,28H,1-3H3. The first kappa shape index (κ1) is 17.6. The van der Waals surface area contributed by atoms with Crippen molar-refractivity contribution in [2.45, 2.75) is 6.92 Å². The van der Waals surface area contributed by atoms with Crippen molar-refractivity contribution in [3.63, 3.8) is 0 Å². The van der Waals surface area contributed by atoms with Crippen LogP contribution < -0.4 is 4.90 Å². The molecule has 1 N–H and O–H groups in total. The van der Waals surface area contributed by atoms with Crippen LogP contribution in [0.25, 0.3) is 37.7 Å². The first-order chi connectivity index (χ1) is 14.0. The summed E-state index contributed by atoms with van der Waals surface area (Å²) in [7, 11) is 4.08. The summed E-state index contributed by atoms with van der Waals surface area (Å²) in [5.74, 6) is 0.145. The van der Waals surface area contributed by atoms with Crippen LogP contribution in [0.5, 0.6) is 5.88 Å². The summed E-state index contributed by atoms with van der Waals surface area (Å²) in [4.78, 5) is 15.6. The Hall–Kier alpha value is -3.45. The lowest BCUT2D eigenvalue weighted by Crippen LogP contribution is -2.07. The van der Waals surface area contributed by atoms with E-state index >= 15 is 0 Å². The van der Waals surface area contributed by atoms with Gasteiger partial charge in [0, 0.05) is 37.1 Å². The van der Waals surface area contributed by atoms with Crippen molar-refractivity contribution >= 4 is 32.9 Å². The molecule has 0 unspecified atom stereocenters. The molecule has 0 radical (unpaired) electrons. The third-order valence-corrected chi connectivity index (χ3v) is 6.03. The molecular formula is C22H19N5OS. The minimum Gasteiger partial charge on any atom is -0.493 e. The maximum atomic E-state index is 10.1. The quantitative estimate of drug-likeness (QED) is 0.472. The van der Waals surface area contributed by atoms with Gasteiger partial charge in [-0.25, -0.2) is 9.97 Å². The topological polar surface area (TPSA) is 66.6 Å². The average Bonchev–Trinajstić information content (AvgIpc) is 3.28. The van der Waals surface area contributed by atoms with E-state index < -0.39 is 0 Å². The van der Waals surface area contributed by atoms with E-state index in [1.54, 1.807) is 35.1 Å². The molecule has 29 heavy (non-hydrogen) atoms. The zero-order valence-electron chi connectivity index (χ0n) is 16.3. The molecule has 3 heterocycles. The van der Waals surface area contributed by atoms with E-state index in [9.17, 15) is 5.11 Å². The van der Waals surface area contributed by atoms with Crippen molar-refractivity contribution in [2.75, 3.05) is 19.0 Å². The van der Waals surface area contributed by atoms with Crippen LogP contribution in [0, 0.1) is 6.92 Å². The number of rotatable bonds is 3. The molecule has 144 valence electrons. The largest absolute Gasteiger partial charge is 0.493 e. The Morgan fingerprint density at radius 3 is 2.52 bits per heavy atom. The molecule has 0 spiro atoms. The highest BCUT2D eigenvalue weighted by Crippen LogP contribution is 2.33. The summed E-state index contributed by atoms with van der Waals surface area (Å²) in [6, 6.07) is 14.5. The fourth-order valence-corrected chi connectivity index (χ4v) is 4.31. The molecule has 0 aliphatic heterocycles. The van der Waals surface area contributed by atoms with E-state index in [-0.39, 0.29) is 5.88 Å². The zero-order valence-corrected chi connectivity index (χ0v) is 17.1. The Morgan fingerprint density at radius 1 is 1.00 bits per heavy atom. The van der Waals surface area contributed by atoms with Gasteiger partial charge < -0.3 is 10.0 Å². The van der Waals surface area contributed by atoms with Crippen molar-refractivity contribution in [1.29, 1.82) is 0 Å². The number of imidazole rings is 1. The molecular weight excluding hydrogens is 382 g/mol. The third kappa shape index (κ3) is 3.00. The van der Waals surface area contributed by atoms with E-state index in [0.29, 0.717) is 11.3 Å². The van der Waals surface area contributed by atoms with Gasteiger partial charge in [0.1, 0.15) is 10.7 Å². The number of aryl methyl sites for hydroxylation is 1. The van der Waals surface area contributed by atoms with Gasteiger partial charge in [0.05, 0.1) is 22.1 Å². The number of nitrogens with zero attached hydrogens (tertiary/aromatic N) is 5. The summed E-state index contributed by atoms with van der Waals surface area (Å²) in [6.45, 7) is 1.77. The van der Waals surface area contributed by atoms with Crippen LogP contribution in [0.2, 0.25) is 0 Å². The molecule has 0 amide bonds. The molecule has 0 fully saturated rings. The SMILES string of the molecule is Cc1nc2cnc(-c3ccc(-c4nc5ccc(N(C)C)cc5s4)cc3)cn2c1O. The first-order valence-electron chi connectivity index (χ1n) is 9.22. The van der Waals surface area contributed by atoms with Gasteiger partial charge in [-0.1, -0.05) is 24.3 Å². The highest BCUT2D eigenvalue weighted by Gasteiger charge is 2.11. The number of hydrogen-bond acceptors (Lipinski definition) is 6. The smallest absolute Gasteiger partial charge is 0.219 e. The summed E-state index contributed by atoms with van der Waals surface area (Å²) in [5.41, 5.74) is 6.22. The minimum absolute atomic E-state index is 0.145. The summed E-state index contributed by atoms with van der Waals surface area (Å²) in [6.07, 6.45) is 3.48. The average molecular weight is 401 g/mol. The van der Waals surface area contributed by atoms with E-state index in [1.165, 1.54) is 10.4 Å². The van der Waals surface area contributed by atoms with Crippen molar-refractivity contribution in [3.8, 4) is 27.7 Å². The molecule has 6 nitrogen and oxygen atoms in total. The number of anilines is 1. The molecule has 5 aromatic rings. The zero-order chi connectivity index (χ0) is 20.1. The lowest BCUT2D eigenvalue weighted by atomic mass is 10.1. The highest BCUT2D eigenvalue weighted by atomic mass is 32.1. The Bertz CT molecular complexity index is 1350. The fraction of sp³-hybridized carbons (Fsp3) is 0.136. The van der Waals surface area contributed by atoms with Gasteiger partial charge >= 0.3 is 0 Å². The molecule has 3 aromatic heterocycles. The monoisotopic (exact) mass is 401 g/mol. The predicted octanol–water partition coefficient (Wildman–Crippen LogP) is 4.75. The minimum atomic E-state index is 0.145. The van der Waals surface area contributed by atoms with E-state index in [4.69, 9.17) is 4.98 Å². The molecule has 0 saturated heterocycles. The molecule has 5 rings (SSSR count). The van der Waals surface area contributed by atoms with Gasteiger partial charge in [-0.15, -0.1) is 11.3 Å². The van der Waals surface area contributed by atoms with Crippen LogP contribution in [0.15, 0.2) is 54.9 Å². The van der Waals surface area contributed by atoms with E-state index in [0.717, 1.165) is 27.3 Å². The van der Waals surface area contributed by atoms with Gasteiger partial charge in [-0.3, -0.25) is 9.38 Å². The van der Waals surface area contributed by atoms with Crippen LogP contribution in [0.1, 0.15) is 5.69 Å². The molecule has 7 heteroatoms. The Kier molecular flexibility index (Phi) is 3.99. The molecule has 0 aliphatic carbocycles. The molecule has 0 saturated carbocycles. The van der Waals surface area contributed by atoms with Crippen LogP contribution in [0.3, 0.4) is 0 Å². The van der Waals surface area contributed by atoms with Gasteiger partial charge in [-0.05, 0) is 25.1 Å². The van der Waals surface area contributed by atoms with E-state index in [1.807, 2.05) is 26.2 Å².